The van der Waals surface area contributed by atoms with Gasteiger partial charge in [-0.2, -0.15) is 9.97 Å². The number of imidazole rings is 1. The van der Waals surface area contributed by atoms with Crippen LogP contribution in [0.1, 0.15) is 53.4 Å². The number of nitrogens with zero attached hydrogens (tertiary/aromatic N) is 4. The molecule has 2 aromatic rings. The second-order valence-electron chi connectivity index (χ2n) is 8.15. The molecule has 0 saturated carbocycles. The van der Waals surface area contributed by atoms with E-state index in [-0.39, 0.29) is 11.2 Å². The Kier molecular flexibility index (Phi) is 13.3. The molecule has 0 aliphatic heterocycles. The van der Waals surface area contributed by atoms with Crippen LogP contribution in [0.15, 0.2) is 6.33 Å². The van der Waals surface area contributed by atoms with Crippen molar-refractivity contribution in [1.82, 2.24) is 19.5 Å². The maximum atomic E-state index is 12.9. The average Bonchev–Trinajstić information content (AvgIpc) is 3.21. The lowest BCUT2D eigenvalue weighted by atomic mass is 9.98. The Bertz CT molecular complexity index is 984. The molecule has 2 heterocycles. The van der Waals surface area contributed by atoms with Gasteiger partial charge in [-0.05, 0) is 70.9 Å². The van der Waals surface area contributed by atoms with Crippen LogP contribution < -0.4 is 5.32 Å². The Labute approximate surface area is 219 Å². The lowest BCUT2D eigenvalue weighted by molar-refractivity contribution is 0.218. The smallest absolute Gasteiger partial charge is 0.330 e. The molecule has 0 saturated heterocycles. The average molecular weight is 568 g/mol. The van der Waals surface area contributed by atoms with Crippen molar-refractivity contribution in [3.63, 3.8) is 0 Å². The predicted molar refractivity (Wildman–Crippen MR) is 143 cm³/mol. The lowest BCUT2D eigenvalue weighted by Crippen LogP contribution is -2.13. The Morgan fingerprint density at radius 2 is 1.42 bits per heavy atom. The fraction of sp³-hybridized carbons (Fsp3) is 0.773. The molecule has 0 fully saturated rings. The van der Waals surface area contributed by atoms with E-state index in [1.165, 1.54) is 0 Å². The number of rotatable bonds is 19. The van der Waals surface area contributed by atoms with Gasteiger partial charge in [0.1, 0.15) is 0 Å². The molecule has 0 aliphatic carbocycles. The summed E-state index contributed by atoms with van der Waals surface area (Å²) in [6.45, 7) is 9.16. The summed E-state index contributed by atoms with van der Waals surface area (Å²) >= 11 is 6.13. The van der Waals surface area contributed by atoms with Gasteiger partial charge in [0.15, 0.2) is 17.0 Å². The van der Waals surface area contributed by atoms with Crippen LogP contribution in [-0.4, -0.2) is 65.3 Å². The number of nitrogens with one attached hydrogen (secondary N) is 1. The topological polar surface area (TPSA) is 127 Å². The molecule has 11 nitrogen and oxygen atoms in total. The third-order valence-electron chi connectivity index (χ3n) is 5.52. The van der Waals surface area contributed by atoms with Crippen LogP contribution in [0.5, 0.6) is 0 Å². The minimum Gasteiger partial charge on any atom is -0.371 e. The number of aromatic nitrogens is 4. The highest BCUT2D eigenvalue weighted by Crippen LogP contribution is 2.50. The summed E-state index contributed by atoms with van der Waals surface area (Å²) in [5.41, 5.74) is 1.27. The number of anilines is 1. The summed E-state index contributed by atoms with van der Waals surface area (Å²) in [5.74, 6) is 0.714. The molecule has 0 aromatic carbocycles. The molecular formula is C22H40ClN5O6P2. The van der Waals surface area contributed by atoms with Gasteiger partial charge in [-0.15, -0.1) is 0 Å². The van der Waals surface area contributed by atoms with Crippen LogP contribution in [0.3, 0.4) is 0 Å². The molecule has 0 spiro atoms. The molecule has 0 unspecified atom stereocenters. The number of halogens is 1. The third-order valence-corrected chi connectivity index (χ3v) is 10.0. The van der Waals surface area contributed by atoms with Crippen LogP contribution >= 0.6 is 26.8 Å². The van der Waals surface area contributed by atoms with E-state index in [1.54, 1.807) is 41.1 Å². The van der Waals surface area contributed by atoms with Crippen LogP contribution in [0.4, 0.5) is 5.82 Å². The molecule has 206 valence electrons. The van der Waals surface area contributed by atoms with Gasteiger partial charge in [0.2, 0.25) is 5.28 Å². The van der Waals surface area contributed by atoms with Crippen molar-refractivity contribution in [2.24, 2.45) is 5.92 Å². The van der Waals surface area contributed by atoms with E-state index in [9.17, 15) is 9.13 Å². The highest BCUT2D eigenvalue weighted by atomic mass is 35.5. The standard InChI is InChI=1S/C22H40ClN5O6P2/c1-6-31-35(29,32-7-2)14-10-12-18(13-11-15-36(30,33-8-3)34-9-4)16-28-17-25-19-20(24-5)26-22(23)27-21(19)28/h17-18H,6-16H2,1-5H3,(H,24,26,27). The summed E-state index contributed by atoms with van der Waals surface area (Å²) in [4.78, 5) is 13.0. The van der Waals surface area contributed by atoms with E-state index in [0.717, 1.165) is 12.8 Å². The van der Waals surface area contributed by atoms with E-state index < -0.39 is 15.2 Å². The highest BCUT2D eigenvalue weighted by molar-refractivity contribution is 7.54. The van der Waals surface area contributed by atoms with Gasteiger partial charge in [0, 0.05) is 13.6 Å². The second kappa shape index (κ2) is 15.4. The molecule has 14 heteroatoms. The largest absolute Gasteiger partial charge is 0.371 e. The van der Waals surface area contributed by atoms with Gasteiger partial charge in [-0.3, -0.25) is 9.13 Å². The summed E-state index contributed by atoms with van der Waals surface area (Å²) in [7, 11) is -4.49. The normalized spacial score (nSPS) is 12.6. The third kappa shape index (κ3) is 9.35. The van der Waals surface area contributed by atoms with Crippen molar-refractivity contribution in [1.29, 1.82) is 0 Å². The lowest BCUT2D eigenvalue weighted by Gasteiger charge is -2.22. The highest BCUT2D eigenvalue weighted by Gasteiger charge is 2.26. The van der Waals surface area contributed by atoms with Crippen LogP contribution in [0, 0.1) is 5.92 Å². The van der Waals surface area contributed by atoms with Gasteiger partial charge in [0.25, 0.3) is 0 Å². The van der Waals surface area contributed by atoms with Gasteiger partial charge in [0.05, 0.1) is 45.1 Å². The van der Waals surface area contributed by atoms with E-state index in [1.807, 2.05) is 4.57 Å². The van der Waals surface area contributed by atoms with Crippen molar-refractivity contribution in [2.45, 2.75) is 59.9 Å². The monoisotopic (exact) mass is 567 g/mol. The number of hydrogen-bond donors (Lipinski definition) is 1. The van der Waals surface area contributed by atoms with Crippen LogP contribution in [0.25, 0.3) is 11.2 Å². The molecule has 0 bridgehead atoms. The van der Waals surface area contributed by atoms with E-state index >= 15 is 0 Å². The first-order valence-corrected chi connectivity index (χ1v) is 16.4. The Hall–Kier alpha value is -1.06. The molecule has 36 heavy (non-hydrogen) atoms. The maximum absolute atomic E-state index is 12.9. The van der Waals surface area contributed by atoms with Gasteiger partial charge >= 0.3 is 15.2 Å². The Morgan fingerprint density at radius 1 is 0.917 bits per heavy atom. The first-order valence-electron chi connectivity index (χ1n) is 12.5. The van der Waals surface area contributed by atoms with E-state index in [2.05, 4.69) is 20.3 Å². The zero-order valence-corrected chi connectivity index (χ0v) is 24.5. The fourth-order valence-electron chi connectivity index (χ4n) is 4.10. The second-order valence-corrected chi connectivity index (χ2v) is 12.9. The molecule has 0 aliphatic rings. The van der Waals surface area contributed by atoms with Crippen LogP contribution in [-0.2, 0) is 33.8 Å². The zero-order chi connectivity index (χ0) is 26.6. The Balaban J connectivity index is 2.17. The van der Waals surface area contributed by atoms with E-state index in [4.69, 9.17) is 29.7 Å². The minimum atomic E-state index is -3.12. The zero-order valence-electron chi connectivity index (χ0n) is 21.9. The summed E-state index contributed by atoms with van der Waals surface area (Å²) < 4.78 is 49.6. The SMILES string of the molecule is CCOP(=O)(CCCC(CCCP(=O)(OCC)OCC)Cn1cnc2c(NC)nc(Cl)nc21)OCC. The Morgan fingerprint density at radius 3 is 1.86 bits per heavy atom. The first-order chi connectivity index (χ1) is 17.2. The summed E-state index contributed by atoms with van der Waals surface area (Å²) in [6, 6.07) is 0. The van der Waals surface area contributed by atoms with Crippen molar-refractivity contribution >= 4 is 43.8 Å². The summed E-state index contributed by atoms with van der Waals surface area (Å²) in [6.07, 6.45) is 5.22. The van der Waals surface area contributed by atoms with Gasteiger partial charge in [-0.1, -0.05) is 0 Å². The quantitative estimate of drug-likeness (QED) is 0.154. The van der Waals surface area contributed by atoms with Gasteiger partial charge in [-0.25, -0.2) is 4.98 Å². The van der Waals surface area contributed by atoms with Gasteiger partial charge < -0.3 is 28.0 Å². The van der Waals surface area contributed by atoms with Crippen molar-refractivity contribution in [2.75, 3.05) is 51.1 Å². The van der Waals surface area contributed by atoms with Crippen molar-refractivity contribution < 1.29 is 27.2 Å². The maximum Gasteiger partial charge on any atom is 0.330 e. The molecule has 0 atom stereocenters. The minimum absolute atomic E-state index is 0.133. The number of fused-ring (bicyclic) bond motifs is 1. The molecule has 1 N–H and O–H groups in total. The fourth-order valence-corrected chi connectivity index (χ4v) is 7.64. The first kappa shape index (κ1) is 31.2. The molecular weight excluding hydrogens is 528 g/mol. The van der Waals surface area contributed by atoms with Crippen LogP contribution in [0.2, 0.25) is 5.28 Å². The molecule has 0 radical (unpaired) electrons. The molecule has 2 rings (SSSR count). The summed E-state index contributed by atoms with van der Waals surface area (Å²) in [5, 5.41) is 3.13. The van der Waals surface area contributed by atoms with E-state index in [0.29, 0.717) is 75.1 Å². The molecule has 0 amide bonds. The van der Waals surface area contributed by atoms with Crippen molar-refractivity contribution in [3.8, 4) is 0 Å². The molecule has 2 aromatic heterocycles. The number of hydrogen-bond acceptors (Lipinski definition) is 10. The predicted octanol–water partition coefficient (Wildman–Crippen LogP) is 6.23. The van der Waals surface area contributed by atoms with Crippen molar-refractivity contribution in [3.05, 3.63) is 11.6 Å².